The molecule has 4 atom stereocenters. The predicted molar refractivity (Wildman–Crippen MR) is 336 cm³/mol. The molecule has 0 aromatic carbocycles. The Hall–Kier alpha value is -0.240. The summed E-state index contributed by atoms with van der Waals surface area (Å²) in [5, 5.41) is 10.1. The molecule has 0 saturated heterocycles. The normalized spacial score (nSPS) is 14.1. The van der Waals surface area contributed by atoms with Crippen LogP contribution in [0.2, 0.25) is 0 Å². The van der Waals surface area contributed by atoms with E-state index in [9.17, 15) is 0 Å². The molecular weight excluding hydrogens is 901 g/mol. The summed E-state index contributed by atoms with van der Waals surface area (Å²) in [6, 6.07) is 0. The fourth-order valence-corrected chi connectivity index (χ4v) is 11.6. The first-order valence-electron chi connectivity index (χ1n) is 34.9. The molecule has 0 bridgehead atoms. The lowest BCUT2D eigenvalue weighted by atomic mass is 9.89. The Bertz CT molecular complexity index is 1030. The Labute approximate surface area is 468 Å². The molecule has 0 aliphatic carbocycles. The van der Waals surface area contributed by atoms with E-state index in [0.29, 0.717) is 0 Å². The van der Waals surface area contributed by atoms with Crippen LogP contribution >= 0.6 is 0 Å². The van der Waals surface area contributed by atoms with Crippen molar-refractivity contribution in [3.05, 3.63) is 0 Å². The second kappa shape index (κ2) is 60.4. The Balaban J connectivity index is 4.96. The third-order valence-corrected chi connectivity index (χ3v) is 17.2. The van der Waals surface area contributed by atoms with Gasteiger partial charge in [-0.2, -0.15) is 5.12 Å². The minimum absolute atomic E-state index is 0.425. The van der Waals surface area contributed by atoms with Gasteiger partial charge in [0, 0.05) is 26.2 Å². The molecule has 6 N–H and O–H groups in total. The highest BCUT2D eigenvalue weighted by Crippen LogP contribution is 2.25. The van der Waals surface area contributed by atoms with Gasteiger partial charge in [-0.05, 0) is 69.2 Å². The molecule has 0 heterocycles. The average Bonchev–Trinajstić information content (AvgIpc) is 3.40. The van der Waals surface area contributed by atoms with E-state index in [-0.39, 0.29) is 0 Å². The Morgan fingerprint density at radius 1 is 0.324 bits per heavy atom. The van der Waals surface area contributed by atoms with Crippen LogP contribution in [0.5, 0.6) is 0 Å². The van der Waals surface area contributed by atoms with E-state index in [1.54, 1.807) is 0 Å². The Morgan fingerprint density at radius 3 is 1.18 bits per heavy atom. The van der Waals surface area contributed by atoms with Crippen molar-refractivity contribution in [1.29, 1.82) is 0 Å². The van der Waals surface area contributed by atoms with Gasteiger partial charge in [-0.3, -0.25) is 10.6 Å². The highest BCUT2D eigenvalue weighted by molar-refractivity contribution is 4.80. The summed E-state index contributed by atoms with van der Waals surface area (Å²) in [6.45, 7) is 21.9. The van der Waals surface area contributed by atoms with Crippen LogP contribution in [0.4, 0.5) is 0 Å². The lowest BCUT2D eigenvalue weighted by Crippen LogP contribution is -2.64. The van der Waals surface area contributed by atoms with Gasteiger partial charge in [0.2, 0.25) is 0 Å². The maximum Gasteiger partial charge on any atom is 0.120 e. The maximum atomic E-state index is 7.12. The summed E-state index contributed by atoms with van der Waals surface area (Å²) in [5.41, 5.74) is 15.0. The minimum atomic E-state index is -0.425. The van der Waals surface area contributed by atoms with E-state index < -0.39 is 5.79 Å². The summed E-state index contributed by atoms with van der Waals surface area (Å²) < 4.78 is 0. The summed E-state index contributed by atoms with van der Waals surface area (Å²) in [6.07, 6.45) is 71.7. The van der Waals surface area contributed by atoms with Gasteiger partial charge in [0.1, 0.15) is 5.79 Å². The number of hydrogen-bond donors (Lipinski definition) is 5. The summed E-state index contributed by atoms with van der Waals surface area (Å²) in [5.74, 6) is 2.07. The Kier molecular flexibility index (Phi) is 60.2. The van der Waals surface area contributed by atoms with Crippen LogP contribution in [-0.4, -0.2) is 43.6 Å². The molecule has 0 aliphatic heterocycles. The molecule has 0 saturated carbocycles. The molecule has 0 amide bonds. The average molecular weight is 1050 g/mol. The minimum Gasteiger partial charge on any atom is -0.301 e. The number of nitrogens with two attached hydrogens (primary N) is 1. The highest BCUT2D eigenvalue weighted by atomic mass is 15.7. The molecule has 0 aromatic rings. The first-order chi connectivity index (χ1) is 36.4. The smallest absolute Gasteiger partial charge is 0.120 e. The third kappa shape index (κ3) is 53.7. The van der Waals surface area contributed by atoms with Gasteiger partial charge in [-0.1, -0.05) is 337 Å². The van der Waals surface area contributed by atoms with Crippen molar-refractivity contribution in [2.75, 3.05) is 32.7 Å². The molecule has 0 spiro atoms. The number of hydrazine groups is 2. The third-order valence-electron chi connectivity index (χ3n) is 17.2. The Morgan fingerprint density at radius 2 is 0.689 bits per heavy atom. The molecule has 0 aromatic heterocycles. The van der Waals surface area contributed by atoms with Gasteiger partial charge in [-0.25, -0.2) is 10.9 Å². The second-order valence-corrected chi connectivity index (χ2v) is 24.8. The van der Waals surface area contributed by atoms with Crippen molar-refractivity contribution in [3.8, 4) is 0 Å². The predicted octanol–water partition coefficient (Wildman–Crippen LogP) is 21.4. The SMILES string of the molecule is CCCCCCCCCCNN(CCCCCCCCCCCC(N)(NCCCCCCCCCC)NCC(CC)CCCC)NCCC(CCCCCCCCCC)CCCC(C)CCCCCCCCCC. The highest BCUT2D eigenvalue weighted by Gasteiger charge is 2.24. The van der Waals surface area contributed by atoms with Crippen LogP contribution in [0.25, 0.3) is 0 Å². The molecular formula is C68H144N6. The number of hydrogen-bond acceptors (Lipinski definition) is 6. The van der Waals surface area contributed by atoms with E-state index in [2.05, 4.69) is 75.1 Å². The lowest BCUT2D eigenvalue weighted by Gasteiger charge is -2.34. The first-order valence-corrected chi connectivity index (χ1v) is 34.9. The van der Waals surface area contributed by atoms with Crippen molar-refractivity contribution in [3.63, 3.8) is 0 Å². The van der Waals surface area contributed by atoms with Gasteiger partial charge in [-0.15, -0.1) is 0 Å². The second-order valence-electron chi connectivity index (χ2n) is 24.8. The summed E-state index contributed by atoms with van der Waals surface area (Å²) in [7, 11) is 0. The monoisotopic (exact) mass is 1050 g/mol. The maximum absolute atomic E-state index is 7.12. The zero-order chi connectivity index (χ0) is 53.9. The topological polar surface area (TPSA) is 77.4 Å². The van der Waals surface area contributed by atoms with Crippen LogP contribution in [0.3, 0.4) is 0 Å². The molecule has 0 fully saturated rings. The van der Waals surface area contributed by atoms with E-state index in [1.807, 2.05) is 0 Å². The van der Waals surface area contributed by atoms with Gasteiger partial charge >= 0.3 is 0 Å². The molecule has 6 nitrogen and oxygen atoms in total. The number of nitrogens with zero attached hydrogens (tertiary/aromatic N) is 1. The standard InChI is InChI=1S/C68H144N6/c1-8-14-19-23-27-34-40-46-53-65(7)54-52-57-67(56-47-41-35-28-24-20-15-9-2)58-62-73-74(72-61-50-44-38-30-26-22-17-11-4)63-51-45-39-33-31-32-36-42-48-59-68(69,71-64-66(13-6)55-18-12-5)70-60-49-43-37-29-25-21-16-10-3/h65-67,70-73H,8-64,69H2,1-7H3. The van der Waals surface area contributed by atoms with Gasteiger partial charge in [0.15, 0.2) is 0 Å². The van der Waals surface area contributed by atoms with Crippen molar-refractivity contribution in [1.82, 2.24) is 26.6 Å². The van der Waals surface area contributed by atoms with Crippen LogP contribution in [0.1, 0.15) is 382 Å². The zero-order valence-corrected chi connectivity index (χ0v) is 52.6. The largest absolute Gasteiger partial charge is 0.301 e. The van der Waals surface area contributed by atoms with Crippen molar-refractivity contribution in [2.45, 2.75) is 388 Å². The molecule has 446 valence electrons. The quantitative estimate of drug-likeness (QED) is 0.0237. The lowest BCUT2D eigenvalue weighted by molar-refractivity contribution is 0.105. The molecule has 6 heteroatoms. The van der Waals surface area contributed by atoms with Gasteiger partial charge in [0.25, 0.3) is 0 Å². The van der Waals surface area contributed by atoms with Crippen molar-refractivity contribution in [2.24, 2.45) is 23.5 Å². The van der Waals surface area contributed by atoms with E-state index in [4.69, 9.17) is 5.73 Å². The fourth-order valence-electron chi connectivity index (χ4n) is 11.6. The molecule has 4 unspecified atom stereocenters. The van der Waals surface area contributed by atoms with Gasteiger partial charge in [0.05, 0.1) is 0 Å². The number of nitrogens with one attached hydrogen (secondary N) is 4. The number of rotatable bonds is 65. The van der Waals surface area contributed by atoms with E-state index >= 15 is 0 Å². The molecule has 0 radical (unpaired) electrons. The van der Waals surface area contributed by atoms with Crippen LogP contribution in [0.15, 0.2) is 0 Å². The van der Waals surface area contributed by atoms with Crippen LogP contribution in [-0.2, 0) is 0 Å². The van der Waals surface area contributed by atoms with E-state index in [1.165, 1.54) is 327 Å². The summed E-state index contributed by atoms with van der Waals surface area (Å²) in [4.78, 5) is 0. The van der Waals surface area contributed by atoms with Gasteiger partial charge < -0.3 is 5.73 Å². The van der Waals surface area contributed by atoms with Crippen LogP contribution < -0.4 is 27.2 Å². The van der Waals surface area contributed by atoms with Crippen LogP contribution in [0, 0.1) is 17.8 Å². The zero-order valence-electron chi connectivity index (χ0n) is 52.6. The van der Waals surface area contributed by atoms with Crippen molar-refractivity contribution < 1.29 is 0 Å². The fraction of sp³-hybridized carbons (Fsp3) is 1.00. The number of unbranched alkanes of at least 4 members (excludes halogenated alkanes) is 37. The molecule has 0 aliphatic rings. The van der Waals surface area contributed by atoms with Crippen molar-refractivity contribution >= 4 is 0 Å². The van der Waals surface area contributed by atoms with E-state index in [0.717, 1.165) is 56.9 Å². The molecule has 0 rings (SSSR count). The first kappa shape index (κ1) is 73.8. The molecule has 74 heavy (non-hydrogen) atoms. The summed E-state index contributed by atoms with van der Waals surface area (Å²) >= 11 is 0.